The standard InChI is InChI=1S/C28H40O9/c1-15(2)25(32)37-24-23(36-18(5)30)26(6)16(3)10-9-11-20(26)27(7,28(24,8)33)21(35-17(4)29)12-19-13-22(31)34-14-19/h10,13,15,20-21,23-24,33H,9,11-12,14H2,1-8H3. The van der Waals surface area contributed by atoms with Crippen molar-refractivity contribution in [1.82, 2.24) is 0 Å². The average molecular weight is 521 g/mol. The summed E-state index contributed by atoms with van der Waals surface area (Å²) in [5, 5.41) is 12.4. The SMILES string of the molecule is CC(=O)OC1C(OC(=O)C(C)C)C(C)(O)C(C)(C(CC2=CC(=O)OC2)OC(C)=O)C2CCC=C(C)C12C. The number of ether oxygens (including phenoxy) is 4. The van der Waals surface area contributed by atoms with E-state index in [0.29, 0.717) is 18.4 Å². The third-order valence-electron chi connectivity index (χ3n) is 8.87. The second-order valence-electron chi connectivity index (χ2n) is 11.5. The molecule has 0 aromatic carbocycles. The molecule has 9 nitrogen and oxygen atoms in total. The van der Waals surface area contributed by atoms with Gasteiger partial charge in [0, 0.05) is 37.2 Å². The summed E-state index contributed by atoms with van der Waals surface area (Å²) in [5.74, 6) is -2.97. The fourth-order valence-electron chi connectivity index (χ4n) is 6.57. The van der Waals surface area contributed by atoms with E-state index in [0.717, 1.165) is 5.57 Å². The van der Waals surface area contributed by atoms with Crippen molar-refractivity contribution in [3.63, 3.8) is 0 Å². The first kappa shape index (κ1) is 28.9. The van der Waals surface area contributed by atoms with Gasteiger partial charge in [-0.25, -0.2) is 4.79 Å². The minimum absolute atomic E-state index is 0.0670. The van der Waals surface area contributed by atoms with Gasteiger partial charge in [-0.1, -0.05) is 39.3 Å². The summed E-state index contributed by atoms with van der Waals surface area (Å²) in [6, 6.07) is 0. The first-order valence-electron chi connectivity index (χ1n) is 12.9. The Morgan fingerprint density at radius 2 is 1.76 bits per heavy atom. The molecule has 1 fully saturated rings. The predicted molar refractivity (Wildman–Crippen MR) is 133 cm³/mol. The van der Waals surface area contributed by atoms with Gasteiger partial charge in [0.1, 0.15) is 18.3 Å². The van der Waals surface area contributed by atoms with Gasteiger partial charge in [0.2, 0.25) is 0 Å². The minimum atomic E-state index is -1.80. The number of fused-ring (bicyclic) bond motifs is 1. The topological polar surface area (TPSA) is 125 Å². The third kappa shape index (κ3) is 4.94. The number of hydrogen-bond acceptors (Lipinski definition) is 9. The highest BCUT2D eigenvalue weighted by Crippen LogP contribution is 2.65. The molecular weight excluding hydrogens is 480 g/mol. The van der Waals surface area contributed by atoms with E-state index in [2.05, 4.69) is 6.08 Å². The molecule has 0 spiro atoms. The van der Waals surface area contributed by atoms with Gasteiger partial charge < -0.3 is 24.1 Å². The molecule has 206 valence electrons. The van der Waals surface area contributed by atoms with Crippen LogP contribution in [0.1, 0.15) is 74.7 Å². The maximum atomic E-state index is 12.9. The molecule has 37 heavy (non-hydrogen) atoms. The van der Waals surface area contributed by atoms with Crippen LogP contribution in [0.25, 0.3) is 0 Å². The zero-order chi connectivity index (χ0) is 27.9. The van der Waals surface area contributed by atoms with Crippen molar-refractivity contribution in [2.75, 3.05) is 6.61 Å². The van der Waals surface area contributed by atoms with Gasteiger partial charge in [-0.2, -0.15) is 0 Å². The highest BCUT2D eigenvalue weighted by atomic mass is 16.6. The summed E-state index contributed by atoms with van der Waals surface area (Å²) >= 11 is 0. The summed E-state index contributed by atoms with van der Waals surface area (Å²) in [4.78, 5) is 49.4. The molecule has 1 saturated carbocycles. The normalized spacial score (nSPS) is 36.1. The summed E-state index contributed by atoms with van der Waals surface area (Å²) in [5.41, 5.74) is -2.27. The summed E-state index contributed by atoms with van der Waals surface area (Å²) in [7, 11) is 0. The largest absolute Gasteiger partial charge is 0.462 e. The average Bonchev–Trinajstić information content (AvgIpc) is 3.19. The maximum Gasteiger partial charge on any atom is 0.331 e. The summed E-state index contributed by atoms with van der Waals surface area (Å²) < 4.78 is 22.8. The van der Waals surface area contributed by atoms with Gasteiger partial charge in [0.05, 0.1) is 5.92 Å². The Hall–Kier alpha value is -2.68. The lowest BCUT2D eigenvalue weighted by atomic mass is 9.42. The maximum absolute atomic E-state index is 12.9. The lowest BCUT2D eigenvalue weighted by Crippen LogP contribution is -2.76. The van der Waals surface area contributed by atoms with Crippen molar-refractivity contribution in [1.29, 1.82) is 0 Å². The number of hydrogen-bond donors (Lipinski definition) is 1. The Morgan fingerprint density at radius 1 is 1.11 bits per heavy atom. The van der Waals surface area contributed by atoms with E-state index in [-0.39, 0.29) is 18.9 Å². The zero-order valence-corrected chi connectivity index (χ0v) is 23.1. The molecule has 3 rings (SSSR count). The van der Waals surface area contributed by atoms with Crippen LogP contribution in [0.3, 0.4) is 0 Å². The van der Waals surface area contributed by atoms with E-state index in [4.69, 9.17) is 18.9 Å². The van der Waals surface area contributed by atoms with Crippen molar-refractivity contribution in [2.45, 2.75) is 98.6 Å². The molecule has 0 aromatic heterocycles. The molecular formula is C28H40O9. The van der Waals surface area contributed by atoms with Gasteiger partial charge in [-0.05, 0) is 38.2 Å². The molecule has 1 N–H and O–H groups in total. The number of aliphatic hydroxyl groups is 1. The molecule has 7 atom stereocenters. The number of esters is 4. The zero-order valence-electron chi connectivity index (χ0n) is 23.1. The number of carbonyl (C=O) groups is 4. The molecule has 1 heterocycles. The van der Waals surface area contributed by atoms with Crippen LogP contribution < -0.4 is 0 Å². The molecule has 0 bridgehead atoms. The van der Waals surface area contributed by atoms with E-state index >= 15 is 0 Å². The molecule has 0 saturated heterocycles. The first-order valence-corrected chi connectivity index (χ1v) is 12.9. The molecule has 7 unspecified atom stereocenters. The Balaban J connectivity index is 2.26. The van der Waals surface area contributed by atoms with Crippen LogP contribution in [0.2, 0.25) is 0 Å². The number of cyclic esters (lactones) is 1. The molecule has 9 heteroatoms. The van der Waals surface area contributed by atoms with E-state index < -0.39 is 64.5 Å². The minimum Gasteiger partial charge on any atom is -0.462 e. The van der Waals surface area contributed by atoms with Crippen LogP contribution in [-0.4, -0.2) is 59.5 Å². The molecule has 0 radical (unpaired) electrons. The fourth-order valence-corrected chi connectivity index (χ4v) is 6.57. The van der Waals surface area contributed by atoms with E-state index in [1.807, 2.05) is 20.8 Å². The van der Waals surface area contributed by atoms with Crippen molar-refractivity contribution in [2.24, 2.45) is 22.7 Å². The second-order valence-corrected chi connectivity index (χ2v) is 11.5. The van der Waals surface area contributed by atoms with Crippen LogP contribution in [0, 0.1) is 22.7 Å². The van der Waals surface area contributed by atoms with Gasteiger partial charge >= 0.3 is 23.9 Å². The Kier molecular flexibility index (Phi) is 7.99. The Labute approximate surface area is 218 Å². The highest BCUT2D eigenvalue weighted by Gasteiger charge is 2.73. The third-order valence-corrected chi connectivity index (χ3v) is 8.87. The van der Waals surface area contributed by atoms with Gasteiger partial charge in [0.25, 0.3) is 0 Å². The van der Waals surface area contributed by atoms with Crippen LogP contribution in [0.15, 0.2) is 23.3 Å². The fraction of sp³-hybridized carbons (Fsp3) is 0.714. The lowest BCUT2D eigenvalue weighted by molar-refractivity contribution is -0.298. The van der Waals surface area contributed by atoms with Crippen molar-refractivity contribution in [3.8, 4) is 0 Å². The van der Waals surface area contributed by atoms with Crippen LogP contribution in [0.5, 0.6) is 0 Å². The van der Waals surface area contributed by atoms with E-state index in [1.54, 1.807) is 20.8 Å². The monoisotopic (exact) mass is 520 g/mol. The van der Waals surface area contributed by atoms with Crippen LogP contribution >= 0.6 is 0 Å². The van der Waals surface area contributed by atoms with Gasteiger partial charge in [0.15, 0.2) is 12.2 Å². The summed E-state index contributed by atoms with van der Waals surface area (Å²) in [6.07, 6.45) is 1.78. The number of allylic oxidation sites excluding steroid dienone is 1. The quantitative estimate of drug-likeness (QED) is 0.305. The summed E-state index contributed by atoms with van der Waals surface area (Å²) in [6.45, 7) is 13.3. The smallest absolute Gasteiger partial charge is 0.331 e. The predicted octanol–water partition coefficient (Wildman–Crippen LogP) is 3.42. The second kappa shape index (κ2) is 10.2. The Bertz CT molecular complexity index is 1020. The molecule has 0 amide bonds. The Morgan fingerprint density at radius 3 is 2.27 bits per heavy atom. The van der Waals surface area contributed by atoms with Crippen LogP contribution in [-0.2, 0) is 38.1 Å². The first-order chi connectivity index (χ1) is 17.1. The molecule has 0 aromatic rings. The van der Waals surface area contributed by atoms with Gasteiger partial charge in [-0.3, -0.25) is 14.4 Å². The van der Waals surface area contributed by atoms with Gasteiger partial charge in [-0.15, -0.1) is 0 Å². The highest BCUT2D eigenvalue weighted by molar-refractivity contribution is 5.85. The number of carbonyl (C=O) groups excluding carboxylic acids is 4. The molecule has 2 aliphatic carbocycles. The van der Waals surface area contributed by atoms with E-state index in [1.165, 1.54) is 19.9 Å². The lowest BCUT2D eigenvalue weighted by Gasteiger charge is -2.66. The molecule has 1 aliphatic heterocycles. The van der Waals surface area contributed by atoms with E-state index in [9.17, 15) is 24.3 Å². The van der Waals surface area contributed by atoms with Crippen molar-refractivity contribution in [3.05, 3.63) is 23.3 Å². The molecule has 3 aliphatic rings. The number of rotatable bonds is 7. The van der Waals surface area contributed by atoms with Crippen molar-refractivity contribution < 1.29 is 43.2 Å². The van der Waals surface area contributed by atoms with Crippen LogP contribution in [0.4, 0.5) is 0 Å². The van der Waals surface area contributed by atoms with Crippen molar-refractivity contribution >= 4 is 23.9 Å².